The van der Waals surface area contributed by atoms with E-state index in [0.29, 0.717) is 12.1 Å². The largest absolute Gasteiger partial charge is 0.351 e. The Morgan fingerprint density at radius 3 is 2.29 bits per heavy atom. The minimum absolute atomic E-state index is 0.00590. The third-order valence-corrected chi connectivity index (χ3v) is 4.21. The molecule has 0 unspecified atom stereocenters. The zero-order chi connectivity index (χ0) is 14.9. The van der Waals surface area contributed by atoms with Gasteiger partial charge in [-0.15, -0.1) is 0 Å². The maximum atomic E-state index is 13.0. The lowest BCUT2D eigenvalue weighted by Gasteiger charge is -2.16. The molecule has 1 N–H and O–H groups in total. The molecule has 1 fully saturated rings. The quantitative estimate of drug-likeness (QED) is 0.912. The van der Waals surface area contributed by atoms with Crippen LogP contribution in [0.4, 0.5) is 4.39 Å². The summed E-state index contributed by atoms with van der Waals surface area (Å²) < 4.78 is 13.0. The molecule has 3 rings (SSSR count). The second-order valence-corrected chi connectivity index (χ2v) is 5.84. The molecule has 0 aromatic heterocycles. The Hall–Kier alpha value is -2.16. The summed E-state index contributed by atoms with van der Waals surface area (Å²) in [6.45, 7) is 2.60. The van der Waals surface area contributed by atoms with Crippen molar-refractivity contribution in [3.63, 3.8) is 0 Å². The fraction of sp³-hybridized carbons (Fsp3) is 0.278. The smallest absolute Gasteiger partial charge is 0.251 e. The predicted molar refractivity (Wildman–Crippen MR) is 80.8 cm³/mol. The fourth-order valence-corrected chi connectivity index (χ4v) is 2.58. The van der Waals surface area contributed by atoms with E-state index in [4.69, 9.17) is 0 Å². The first-order chi connectivity index (χ1) is 10.1. The van der Waals surface area contributed by atoms with E-state index in [1.165, 1.54) is 12.1 Å². The van der Waals surface area contributed by atoms with Gasteiger partial charge in [-0.3, -0.25) is 4.79 Å². The topological polar surface area (TPSA) is 29.1 Å². The van der Waals surface area contributed by atoms with Crippen molar-refractivity contribution < 1.29 is 9.18 Å². The van der Waals surface area contributed by atoms with Crippen LogP contribution in [0, 0.1) is 12.7 Å². The van der Waals surface area contributed by atoms with Gasteiger partial charge in [0.05, 0.1) is 0 Å². The van der Waals surface area contributed by atoms with Gasteiger partial charge in [0.25, 0.3) is 5.91 Å². The maximum Gasteiger partial charge on any atom is 0.251 e. The van der Waals surface area contributed by atoms with E-state index >= 15 is 0 Å². The van der Waals surface area contributed by atoms with E-state index < -0.39 is 0 Å². The number of amides is 1. The number of benzene rings is 2. The van der Waals surface area contributed by atoms with E-state index in [9.17, 15) is 9.18 Å². The van der Waals surface area contributed by atoms with Crippen molar-refractivity contribution in [2.45, 2.75) is 25.2 Å². The molecular weight excluding hydrogens is 265 g/mol. The monoisotopic (exact) mass is 283 g/mol. The van der Waals surface area contributed by atoms with Gasteiger partial charge in [-0.05, 0) is 49.6 Å². The summed E-state index contributed by atoms with van der Waals surface area (Å²) in [5, 5.41) is 3.00. The van der Waals surface area contributed by atoms with Crippen molar-refractivity contribution in [3.05, 3.63) is 71.0 Å². The number of aryl methyl sites for hydroxylation is 1. The molecule has 3 heteroatoms. The molecule has 2 nitrogen and oxygen atoms in total. The van der Waals surface area contributed by atoms with E-state index in [0.717, 1.165) is 24.0 Å². The number of carbonyl (C=O) groups excluding carboxylic acids is 1. The van der Waals surface area contributed by atoms with Crippen LogP contribution in [0.2, 0.25) is 0 Å². The first kappa shape index (κ1) is 13.8. The molecule has 0 radical (unpaired) electrons. The van der Waals surface area contributed by atoms with Crippen molar-refractivity contribution in [2.75, 3.05) is 6.54 Å². The van der Waals surface area contributed by atoms with Crippen LogP contribution < -0.4 is 5.32 Å². The molecule has 108 valence electrons. The highest BCUT2D eigenvalue weighted by Gasteiger charge is 2.44. The summed E-state index contributed by atoms with van der Waals surface area (Å²) >= 11 is 0. The third kappa shape index (κ3) is 2.97. The molecule has 0 spiro atoms. The highest BCUT2D eigenvalue weighted by atomic mass is 19.1. The summed E-state index contributed by atoms with van der Waals surface area (Å²) in [4.78, 5) is 12.1. The molecular formula is C18H18FNO. The summed E-state index contributed by atoms with van der Waals surface area (Å²) in [7, 11) is 0. The van der Waals surface area contributed by atoms with Gasteiger partial charge >= 0.3 is 0 Å². The number of rotatable bonds is 4. The molecule has 1 aliphatic carbocycles. The van der Waals surface area contributed by atoms with Crippen LogP contribution in [0.5, 0.6) is 0 Å². The van der Waals surface area contributed by atoms with E-state index in [1.54, 1.807) is 0 Å². The molecule has 1 aliphatic rings. The molecule has 1 amide bonds. The fourth-order valence-electron chi connectivity index (χ4n) is 2.58. The van der Waals surface area contributed by atoms with Gasteiger partial charge in [-0.2, -0.15) is 0 Å². The lowest BCUT2D eigenvalue weighted by atomic mass is 9.96. The van der Waals surface area contributed by atoms with Crippen molar-refractivity contribution in [1.29, 1.82) is 0 Å². The molecule has 21 heavy (non-hydrogen) atoms. The van der Waals surface area contributed by atoms with Crippen LogP contribution in [-0.4, -0.2) is 12.5 Å². The van der Waals surface area contributed by atoms with Gasteiger partial charge in [-0.1, -0.05) is 29.8 Å². The number of halogens is 1. The number of hydrogen-bond donors (Lipinski definition) is 1. The molecule has 1 saturated carbocycles. The Morgan fingerprint density at radius 2 is 1.71 bits per heavy atom. The highest BCUT2D eigenvalue weighted by molar-refractivity contribution is 5.94. The molecule has 2 aromatic carbocycles. The summed E-state index contributed by atoms with van der Waals surface area (Å²) in [6, 6.07) is 14.1. The minimum atomic E-state index is -0.224. The zero-order valence-corrected chi connectivity index (χ0v) is 12.0. The SMILES string of the molecule is Cc1ccc(C(=O)NCC2(c3ccc(F)cc3)CC2)cc1. The summed E-state index contributed by atoms with van der Waals surface area (Å²) in [6.07, 6.45) is 2.07. The average molecular weight is 283 g/mol. The predicted octanol–water partition coefficient (Wildman–Crippen LogP) is 3.60. The Balaban J connectivity index is 1.66. The molecule has 2 aromatic rings. The van der Waals surface area contributed by atoms with Gasteiger partial charge in [-0.25, -0.2) is 4.39 Å². The first-order valence-corrected chi connectivity index (χ1v) is 7.20. The minimum Gasteiger partial charge on any atom is -0.351 e. The second-order valence-electron chi connectivity index (χ2n) is 5.84. The molecule has 0 heterocycles. The molecule has 0 aliphatic heterocycles. The third-order valence-electron chi connectivity index (χ3n) is 4.21. The normalized spacial score (nSPS) is 15.5. The van der Waals surface area contributed by atoms with E-state index in [2.05, 4.69) is 5.32 Å². The molecule has 0 bridgehead atoms. The van der Waals surface area contributed by atoms with Crippen molar-refractivity contribution in [2.24, 2.45) is 0 Å². The van der Waals surface area contributed by atoms with Crippen molar-refractivity contribution in [1.82, 2.24) is 5.32 Å². The Bertz CT molecular complexity index is 642. The number of hydrogen-bond acceptors (Lipinski definition) is 1. The van der Waals surface area contributed by atoms with Crippen LogP contribution in [-0.2, 0) is 5.41 Å². The van der Waals surface area contributed by atoms with Gasteiger partial charge < -0.3 is 5.32 Å². The Labute approximate surface area is 124 Å². The lowest BCUT2D eigenvalue weighted by molar-refractivity contribution is 0.0949. The maximum absolute atomic E-state index is 13.0. The second kappa shape index (κ2) is 5.32. The highest BCUT2D eigenvalue weighted by Crippen LogP contribution is 2.47. The Morgan fingerprint density at radius 1 is 1.10 bits per heavy atom. The van der Waals surface area contributed by atoms with E-state index in [-0.39, 0.29) is 17.1 Å². The Kier molecular flexibility index (Phi) is 3.50. The van der Waals surface area contributed by atoms with Crippen LogP contribution in [0.25, 0.3) is 0 Å². The zero-order valence-electron chi connectivity index (χ0n) is 12.0. The average Bonchev–Trinajstić information content (AvgIpc) is 3.27. The van der Waals surface area contributed by atoms with Gasteiger partial charge in [0.2, 0.25) is 0 Å². The number of nitrogens with one attached hydrogen (secondary N) is 1. The molecule has 0 saturated heterocycles. The lowest BCUT2D eigenvalue weighted by Crippen LogP contribution is -2.32. The van der Waals surface area contributed by atoms with Crippen molar-refractivity contribution in [3.8, 4) is 0 Å². The first-order valence-electron chi connectivity index (χ1n) is 7.20. The number of carbonyl (C=O) groups is 1. The van der Waals surface area contributed by atoms with Gasteiger partial charge in [0.15, 0.2) is 0 Å². The standard InChI is InChI=1S/C18H18FNO/c1-13-2-4-14(5-3-13)17(21)20-12-18(10-11-18)15-6-8-16(19)9-7-15/h2-9H,10-12H2,1H3,(H,20,21). The van der Waals surface area contributed by atoms with Crippen LogP contribution in [0.15, 0.2) is 48.5 Å². The van der Waals surface area contributed by atoms with Gasteiger partial charge in [0, 0.05) is 17.5 Å². The van der Waals surface area contributed by atoms with Crippen LogP contribution >= 0.6 is 0 Å². The van der Waals surface area contributed by atoms with Gasteiger partial charge in [0.1, 0.15) is 5.82 Å². The van der Waals surface area contributed by atoms with E-state index in [1.807, 2.05) is 43.3 Å². The summed E-state index contributed by atoms with van der Waals surface area (Å²) in [5.41, 5.74) is 2.91. The molecule has 0 atom stereocenters. The van der Waals surface area contributed by atoms with Crippen molar-refractivity contribution >= 4 is 5.91 Å². The van der Waals surface area contributed by atoms with Crippen LogP contribution in [0.3, 0.4) is 0 Å². The van der Waals surface area contributed by atoms with Crippen LogP contribution in [0.1, 0.15) is 34.3 Å². The summed E-state index contributed by atoms with van der Waals surface area (Å²) in [5.74, 6) is -0.276.